The minimum atomic E-state index is -3.77. The van der Waals surface area contributed by atoms with Crippen LogP contribution in [0.5, 0.6) is 5.75 Å². The Morgan fingerprint density at radius 2 is 1.77 bits per heavy atom. The summed E-state index contributed by atoms with van der Waals surface area (Å²) in [5, 5.41) is 17.8. The average molecular weight is 616 g/mol. The van der Waals surface area contributed by atoms with Crippen molar-refractivity contribution in [3.05, 3.63) is 71.4 Å². The number of rotatable bonds is 14. The number of anilines is 2. The lowest BCUT2D eigenvalue weighted by Gasteiger charge is -2.18. The van der Waals surface area contributed by atoms with E-state index in [0.29, 0.717) is 29.1 Å². The predicted octanol–water partition coefficient (Wildman–Crippen LogP) is 3.63. The number of sulfonamides is 1. The van der Waals surface area contributed by atoms with E-state index in [0.717, 1.165) is 11.8 Å². The molecule has 2 unspecified atom stereocenters. The Morgan fingerprint density at radius 3 is 2.40 bits per heavy atom. The normalized spacial score (nSPS) is 12.8. The lowest BCUT2D eigenvalue weighted by atomic mass is 10.0. The molecule has 2 atom stereocenters. The maximum atomic E-state index is 13.1. The van der Waals surface area contributed by atoms with Crippen molar-refractivity contribution in [3.63, 3.8) is 0 Å². The smallest absolute Gasteiger partial charge is 0.323 e. The molecule has 5 N–H and O–H groups in total. The topological polar surface area (TPSA) is 189 Å². The van der Waals surface area contributed by atoms with Crippen LogP contribution in [-0.4, -0.2) is 55.8 Å². The summed E-state index contributed by atoms with van der Waals surface area (Å²) in [5.41, 5.74) is 2.87. The minimum Gasteiger partial charge on any atom is -0.495 e. The summed E-state index contributed by atoms with van der Waals surface area (Å²) in [5.74, 6) is -0.983. The zero-order valence-electron chi connectivity index (χ0n) is 24.6. The summed E-state index contributed by atoms with van der Waals surface area (Å²) in [7, 11) is -2.31. The Bertz CT molecular complexity index is 1550. The molecule has 1 heterocycles. The van der Waals surface area contributed by atoms with Gasteiger partial charge in [0.2, 0.25) is 21.8 Å². The largest absolute Gasteiger partial charge is 0.495 e. The van der Waals surface area contributed by atoms with Crippen molar-refractivity contribution in [2.24, 2.45) is 5.92 Å². The molecule has 3 aromatic rings. The molecule has 0 aliphatic carbocycles. The fraction of sp³-hybridized carbons (Fsp3) is 0.379. The van der Waals surface area contributed by atoms with E-state index in [-0.39, 0.29) is 36.3 Å². The molecule has 2 aromatic carbocycles. The quantitative estimate of drug-likeness (QED) is 0.180. The van der Waals surface area contributed by atoms with Gasteiger partial charge in [-0.15, -0.1) is 0 Å². The Morgan fingerprint density at radius 1 is 1.07 bits per heavy atom. The molecule has 0 fully saturated rings. The van der Waals surface area contributed by atoms with Gasteiger partial charge in [0.15, 0.2) is 0 Å². The number of amides is 3. The SMILES string of the molecule is COc1cc(CC(=O)NC(CC(C)C)c2nc(CC(NS(C)(=O)=O)C(=O)O)co2)ccc1NC(=O)Nc1ccccc1C. The third-order valence-corrected chi connectivity index (χ3v) is 6.96. The third kappa shape index (κ3) is 10.4. The van der Waals surface area contributed by atoms with Gasteiger partial charge in [-0.25, -0.2) is 22.9 Å². The van der Waals surface area contributed by atoms with Crippen molar-refractivity contribution < 1.29 is 37.1 Å². The first kappa shape index (κ1) is 33.1. The van der Waals surface area contributed by atoms with Gasteiger partial charge in [-0.3, -0.25) is 9.59 Å². The zero-order valence-corrected chi connectivity index (χ0v) is 25.4. The summed E-state index contributed by atoms with van der Waals surface area (Å²) in [6.07, 6.45) is 2.36. The van der Waals surface area contributed by atoms with Crippen molar-refractivity contribution >= 4 is 39.3 Å². The molecule has 3 rings (SSSR count). The first-order valence-electron chi connectivity index (χ1n) is 13.5. The molecule has 232 valence electrons. The summed E-state index contributed by atoms with van der Waals surface area (Å²) in [4.78, 5) is 41.4. The van der Waals surface area contributed by atoms with Crippen molar-refractivity contribution in [1.29, 1.82) is 0 Å². The number of aliphatic carboxylic acids is 1. The molecule has 1 aromatic heterocycles. The standard InChI is InChI=1S/C29H37N5O8S/c1-17(2)12-23(27-30-20(16-42-27)15-24(28(36)37)34-43(5,39)40)31-26(35)14-19-10-11-22(25(13-19)41-4)33-29(38)32-21-9-7-6-8-18(21)3/h6-11,13,16-17,23-24,34H,12,14-15H2,1-5H3,(H,31,35)(H,36,37)(H2,32,33,38). The number of oxazole rings is 1. The molecule has 0 saturated carbocycles. The average Bonchev–Trinajstić information content (AvgIpc) is 3.37. The molecule has 0 spiro atoms. The van der Waals surface area contributed by atoms with E-state index < -0.39 is 34.1 Å². The fourth-order valence-corrected chi connectivity index (χ4v) is 4.99. The molecule has 0 aliphatic rings. The Balaban J connectivity index is 1.68. The van der Waals surface area contributed by atoms with Gasteiger partial charge >= 0.3 is 12.0 Å². The highest BCUT2D eigenvalue weighted by Gasteiger charge is 2.26. The molecule has 0 aliphatic heterocycles. The molecule has 0 bridgehead atoms. The van der Waals surface area contributed by atoms with Crippen LogP contribution in [0.1, 0.15) is 49.0 Å². The number of ether oxygens (including phenoxy) is 1. The lowest BCUT2D eigenvalue weighted by Crippen LogP contribution is -2.41. The summed E-state index contributed by atoms with van der Waals surface area (Å²) >= 11 is 0. The number of hydrogen-bond acceptors (Lipinski definition) is 8. The fourth-order valence-electron chi connectivity index (χ4n) is 4.28. The Hall–Kier alpha value is -4.43. The lowest BCUT2D eigenvalue weighted by molar-refractivity contribution is -0.139. The van der Waals surface area contributed by atoms with Crippen LogP contribution in [0.15, 0.2) is 53.1 Å². The number of para-hydroxylation sites is 1. The number of methoxy groups -OCH3 is 1. The zero-order chi connectivity index (χ0) is 31.7. The predicted molar refractivity (Wildman–Crippen MR) is 160 cm³/mol. The number of aryl methyl sites for hydroxylation is 1. The first-order chi connectivity index (χ1) is 20.2. The number of benzene rings is 2. The van der Waals surface area contributed by atoms with Crippen LogP contribution in [0, 0.1) is 12.8 Å². The Kier molecular flexibility index (Phi) is 11.3. The number of carboxylic acids is 1. The van der Waals surface area contributed by atoms with E-state index in [9.17, 15) is 27.9 Å². The third-order valence-electron chi connectivity index (χ3n) is 6.25. The Labute approximate surface area is 250 Å². The maximum absolute atomic E-state index is 13.1. The van der Waals surface area contributed by atoms with Crippen LogP contribution in [0.2, 0.25) is 0 Å². The van der Waals surface area contributed by atoms with Gasteiger partial charge in [0.1, 0.15) is 24.1 Å². The molecule has 0 saturated heterocycles. The highest BCUT2D eigenvalue weighted by molar-refractivity contribution is 7.88. The summed E-state index contributed by atoms with van der Waals surface area (Å²) in [6.45, 7) is 5.81. The van der Waals surface area contributed by atoms with E-state index in [2.05, 4.69) is 25.7 Å². The molecule has 3 amide bonds. The highest BCUT2D eigenvalue weighted by Crippen LogP contribution is 2.27. The number of nitrogens with one attached hydrogen (secondary N) is 4. The number of aromatic nitrogens is 1. The van der Waals surface area contributed by atoms with Gasteiger partial charge in [-0.05, 0) is 48.6 Å². The molecule has 0 radical (unpaired) electrons. The number of nitrogens with zero attached hydrogens (tertiary/aromatic N) is 1. The van der Waals surface area contributed by atoms with Crippen LogP contribution in [0.4, 0.5) is 16.2 Å². The van der Waals surface area contributed by atoms with Crippen molar-refractivity contribution in [2.45, 2.75) is 52.1 Å². The second-order valence-electron chi connectivity index (χ2n) is 10.5. The van der Waals surface area contributed by atoms with Gasteiger partial charge in [0.05, 0.1) is 31.2 Å². The molecule has 43 heavy (non-hydrogen) atoms. The molecular formula is C29H37N5O8S. The monoisotopic (exact) mass is 615 g/mol. The van der Waals surface area contributed by atoms with E-state index in [1.807, 2.05) is 39.0 Å². The van der Waals surface area contributed by atoms with Crippen LogP contribution >= 0.6 is 0 Å². The maximum Gasteiger partial charge on any atom is 0.323 e. The minimum absolute atomic E-state index is 0.00637. The highest BCUT2D eigenvalue weighted by atomic mass is 32.2. The van der Waals surface area contributed by atoms with E-state index >= 15 is 0 Å². The van der Waals surface area contributed by atoms with Crippen LogP contribution < -0.4 is 25.4 Å². The number of carbonyl (C=O) groups is 3. The second-order valence-corrected chi connectivity index (χ2v) is 12.3. The molecular weight excluding hydrogens is 578 g/mol. The van der Waals surface area contributed by atoms with Crippen LogP contribution in [-0.2, 0) is 32.5 Å². The summed E-state index contributed by atoms with van der Waals surface area (Å²) in [6, 6.07) is 9.91. The van der Waals surface area contributed by atoms with E-state index in [1.54, 1.807) is 24.3 Å². The van der Waals surface area contributed by atoms with Crippen LogP contribution in [0.25, 0.3) is 0 Å². The van der Waals surface area contributed by atoms with Gasteiger partial charge in [0.25, 0.3) is 0 Å². The first-order valence-corrected chi connectivity index (χ1v) is 15.4. The molecule has 13 nitrogen and oxygen atoms in total. The molecule has 14 heteroatoms. The van der Waals surface area contributed by atoms with Gasteiger partial charge in [-0.2, -0.15) is 0 Å². The van der Waals surface area contributed by atoms with E-state index in [1.165, 1.54) is 13.4 Å². The van der Waals surface area contributed by atoms with Gasteiger partial charge in [0, 0.05) is 12.1 Å². The number of hydrogen-bond donors (Lipinski definition) is 5. The van der Waals surface area contributed by atoms with Gasteiger partial charge in [-0.1, -0.05) is 38.1 Å². The number of carboxylic acid groups (broad SMARTS) is 1. The second kappa shape index (κ2) is 14.6. The van der Waals surface area contributed by atoms with Crippen LogP contribution in [0.3, 0.4) is 0 Å². The van der Waals surface area contributed by atoms with Gasteiger partial charge < -0.3 is 30.2 Å². The number of urea groups is 1. The number of carbonyl (C=O) groups excluding carboxylic acids is 2. The van der Waals surface area contributed by atoms with Crippen molar-refractivity contribution in [2.75, 3.05) is 24.0 Å². The van der Waals surface area contributed by atoms with Crippen molar-refractivity contribution in [3.8, 4) is 5.75 Å². The summed E-state index contributed by atoms with van der Waals surface area (Å²) < 4.78 is 36.1. The van der Waals surface area contributed by atoms with Crippen molar-refractivity contribution in [1.82, 2.24) is 15.0 Å². The van der Waals surface area contributed by atoms with E-state index in [4.69, 9.17) is 9.15 Å².